The van der Waals surface area contributed by atoms with Crippen LogP contribution in [0.1, 0.15) is 51.6 Å². The number of likely N-dealkylation sites (tertiary alicyclic amines) is 1. The number of piperidine rings is 1. The molecule has 1 unspecified atom stereocenters. The molecule has 1 N–H and O–H groups in total. The van der Waals surface area contributed by atoms with Gasteiger partial charge in [0.1, 0.15) is 11.8 Å². The minimum atomic E-state index is -0.939. The van der Waals surface area contributed by atoms with Gasteiger partial charge in [0.05, 0.1) is 13.2 Å². The van der Waals surface area contributed by atoms with Crippen molar-refractivity contribution in [3.8, 4) is 0 Å². The minimum absolute atomic E-state index is 0.0314. The highest BCUT2D eigenvalue weighted by Crippen LogP contribution is 2.39. The molecule has 0 radical (unpaired) electrons. The Bertz CT molecular complexity index is 1090. The first-order valence-electron chi connectivity index (χ1n) is 12.6. The highest BCUT2D eigenvalue weighted by Gasteiger charge is 2.54. The van der Waals surface area contributed by atoms with Crippen LogP contribution in [0.25, 0.3) is 0 Å². The fourth-order valence-corrected chi connectivity index (χ4v) is 5.03. The van der Waals surface area contributed by atoms with Gasteiger partial charge in [-0.25, -0.2) is 0 Å². The van der Waals surface area contributed by atoms with Crippen molar-refractivity contribution in [2.45, 2.75) is 44.9 Å². The molecule has 1 atom stereocenters. The lowest BCUT2D eigenvalue weighted by molar-refractivity contribution is -0.128. The van der Waals surface area contributed by atoms with Crippen LogP contribution in [0.2, 0.25) is 0 Å². The molecule has 0 aromatic heterocycles. The second-order valence-corrected chi connectivity index (χ2v) is 9.39. The van der Waals surface area contributed by atoms with E-state index in [0.29, 0.717) is 50.2 Å². The summed E-state index contributed by atoms with van der Waals surface area (Å²) in [5.74, 6) is -0.524. The van der Waals surface area contributed by atoms with Gasteiger partial charge in [-0.2, -0.15) is 0 Å². The summed E-state index contributed by atoms with van der Waals surface area (Å²) in [4.78, 5) is 43.5. The predicted octanol–water partition coefficient (Wildman–Crippen LogP) is 2.79. The first-order chi connectivity index (χ1) is 17.4. The Balaban J connectivity index is 1.55. The van der Waals surface area contributed by atoms with E-state index < -0.39 is 11.8 Å². The van der Waals surface area contributed by atoms with E-state index in [1.165, 1.54) is 5.56 Å². The molecule has 8 heteroatoms. The minimum Gasteiger partial charge on any atom is -0.383 e. The van der Waals surface area contributed by atoms with Crippen LogP contribution in [0.5, 0.6) is 0 Å². The molecule has 2 aliphatic rings. The van der Waals surface area contributed by atoms with Gasteiger partial charge in [-0.1, -0.05) is 37.3 Å². The fraction of sp³-hybridized carbons (Fsp3) is 0.464. The zero-order chi connectivity index (χ0) is 25.7. The maximum absolute atomic E-state index is 13.8. The molecule has 0 aliphatic carbocycles. The number of ether oxygens (including phenoxy) is 2. The molecule has 192 valence electrons. The van der Waals surface area contributed by atoms with Crippen LogP contribution in [0, 0.1) is 6.92 Å². The number of nitrogens with zero attached hydrogens (tertiary/aromatic N) is 2. The summed E-state index contributed by atoms with van der Waals surface area (Å²) in [5, 5.41) is 2.85. The number of aryl methyl sites for hydroxylation is 2. The molecule has 2 saturated heterocycles. The normalized spacial score (nSPS) is 18.9. The average Bonchev–Trinajstić information content (AvgIpc) is 3.27. The third-order valence-electron chi connectivity index (χ3n) is 7.20. The molecule has 2 aromatic carbocycles. The van der Waals surface area contributed by atoms with Gasteiger partial charge in [-0.15, -0.1) is 0 Å². The van der Waals surface area contributed by atoms with E-state index in [1.54, 1.807) is 23.0 Å². The molecule has 2 aliphatic heterocycles. The molecule has 2 fully saturated rings. The zero-order valence-corrected chi connectivity index (χ0v) is 21.3. The Morgan fingerprint density at radius 1 is 1.06 bits per heavy atom. The van der Waals surface area contributed by atoms with Gasteiger partial charge in [0, 0.05) is 50.7 Å². The molecular weight excluding hydrogens is 458 g/mol. The Labute approximate surface area is 212 Å². The summed E-state index contributed by atoms with van der Waals surface area (Å²) in [5.41, 5.74) is 2.28. The van der Waals surface area contributed by atoms with Crippen LogP contribution in [0.15, 0.2) is 48.5 Å². The number of carbonyl (C=O) groups excluding carboxylic acids is 3. The molecule has 8 nitrogen and oxygen atoms in total. The van der Waals surface area contributed by atoms with Gasteiger partial charge in [0.25, 0.3) is 11.8 Å². The van der Waals surface area contributed by atoms with Crippen LogP contribution in [0.4, 0.5) is 0 Å². The van der Waals surface area contributed by atoms with E-state index in [1.807, 2.05) is 49.4 Å². The van der Waals surface area contributed by atoms with E-state index >= 15 is 0 Å². The van der Waals surface area contributed by atoms with Crippen molar-refractivity contribution >= 4 is 17.7 Å². The molecule has 0 bridgehead atoms. The van der Waals surface area contributed by atoms with Gasteiger partial charge in [-0.05, 0) is 42.7 Å². The van der Waals surface area contributed by atoms with Crippen LogP contribution in [0.3, 0.4) is 0 Å². The van der Waals surface area contributed by atoms with E-state index in [2.05, 4.69) is 12.2 Å². The number of benzene rings is 2. The third-order valence-corrected chi connectivity index (χ3v) is 7.20. The van der Waals surface area contributed by atoms with Crippen LogP contribution in [-0.2, 0) is 20.7 Å². The topological polar surface area (TPSA) is 88.2 Å². The van der Waals surface area contributed by atoms with Gasteiger partial charge in [0.15, 0.2) is 0 Å². The average molecular weight is 494 g/mol. The second kappa shape index (κ2) is 11.2. The maximum atomic E-state index is 13.8. The lowest BCUT2D eigenvalue weighted by Gasteiger charge is -2.44. The van der Waals surface area contributed by atoms with Crippen LogP contribution >= 0.6 is 0 Å². The number of nitrogens with one attached hydrogen (secondary N) is 1. The number of rotatable bonds is 7. The van der Waals surface area contributed by atoms with E-state index in [9.17, 15) is 14.4 Å². The van der Waals surface area contributed by atoms with Gasteiger partial charge in [0.2, 0.25) is 5.91 Å². The first kappa shape index (κ1) is 25.9. The lowest BCUT2D eigenvalue weighted by atomic mass is 9.95. The molecule has 2 heterocycles. The van der Waals surface area contributed by atoms with Crippen molar-refractivity contribution in [3.05, 3.63) is 70.8 Å². The monoisotopic (exact) mass is 493 g/mol. The summed E-state index contributed by atoms with van der Waals surface area (Å²) in [7, 11) is 1.57. The maximum Gasteiger partial charge on any atom is 0.257 e. The van der Waals surface area contributed by atoms with E-state index in [-0.39, 0.29) is 24.3 Å². The number of carbonyl (C=O) groups is 3. The summed E-state index contributed by atoms with van der Waals surface area (Å²) in [6, 6.07) is 14.3. The molecule has 2 aromatic rings. The number of hydrogen-bond donors (Lipinski definition) is 1. The second-order valence-electron chi connectivity index (χ2n) is 9.39. The summed E-state index contributed by atoms with van der Waals surface area (Å²) < 4.78 is 11.3. The van der Waals surface area contributed by atoms with Gasteiger partial charge < -0.3 is 19.7 Å². The molecule has 0 saturated carbocycles. The van der Waals surface area contributed by atoms with E-state index in [0.717, 1.165) is 12.0 Å². The summed E-state index contributed by atoms with van der Waals surface area (Å²) in [6.07, 6.45) is 1.79. The van der Waals surface area contributed by atoms with Crippen molar-refractivity contribution in [1.82, 2.24) is 15.1 Å². The fourth-order valence-electron chi connectivity index (χ4n) is 5.03. The Kier molecular flexibility index (Phi) is 8.06. The Hall–Kier alpha value is -3.23. The van der Waals surface area contributed by atoms with Crippen LogP contribution in [-0.4, -0.2) is 79.2 Å². The van der Waals surface area contributed by atoms with Crippen molar-refractivity contribution in [1.29, 1.82) is 0 Å². The number of amides is 3. The predicted molar refractivity (Wildman–Crippen MR) is 136 cm³/mol. The SMILES string of the molecule is CCc1ccc(C(=O)N2CCC3(CC2)OCC(C(=O)NCCOC)N3C(=O)c2ccccc2C)cc1. The van der Waals surface area contributed by atoms with Crippen molar-refractivity contribution < 1.29 is 23.9 Å². The zero-order valence-electron chi connectivity index (χ0n) is 21.3. The first-order valence-corrected chi connectivity index (χ1v) is 12.6. The van der Waals surface area contributed by atoms with Crippen molar-refractivity contribution in [3.63, 3.8) is 0 Å². The number of methoxy groups -OCH3 is 1. The number of hydrogen-bond acceptors (Lipinski definition) is 5. The van der Waals surface area contributed by atoms with Crippen molar-refractivity contribution in [2.75, 3.05) is 40.0 Å². The smallest absolute Gasteiger partial charge is 0.257 e. The quantitative estimate of drug-likeness (QED) is 0.600. The van der Waals surface area contributed by atoms with Crippen molar-refractivity contribution in [2.24, 2.45) is 0 Å². The highest BCUT2D eigenvalue weighted by atomic mass is 16.5. The van der Waals surface area contributed by atoms with Gasteiger partial charge in [-0.3, -0.25) is 19.3 Å². The standard InChI is InChI=1S/C28H35N3O5/c1-4-21-9-11-22(12-10-21)26(33)30-16-13-28(14-17-30)31(27(34)23-8-6-5-7-20(23)2)24(19-36-28)25(32)29-15-18-35-3/h5-12,24H,4,13-19H2,1-3H3,(H,29,32). The third kappa shape index (κ3) is 5.15. The largest absolute Gasteiger partial charge is 0.383 e. The molecular formula is C28H35N3O5. The molecule has 1 spiro atoms. The lowest BCUT2D eigenvalue weighted by Crippen LogP contribution is -2.60. The highest BCUT2D eigenvalue weighted by molar-refractivity contribution is 5.99. The Morgan fingerprint density at radius 3 is 2.39 bits per heavy atom. The summed E-state index contributed by atoms with van der Waals surface area (Å²) >= 11 is 0. The molecule has 3 amide bonds. The van der Waals surface area contributed by atoms with Gasteiger partial charge >= 0.3 is 0 Å². The van der Waals surface area contributed by atoms with Crippen LogP contribution < -0.4 is 5.32 Å². The summed E-state index contributed by atoms with van der Waals surface area (Å²) in [6.45, 7) is 5.68. The van der Waals surface area contributed by atoms with E-state index in [4.69, 9.17) is 9.47 Å². The molecule has 36 heavy (non-hydrogen) atoms. The molecule has 4 rings (SSSR count). The Morgan fingerprint density at radius 2 is 1.75 bits per heavy atom.